The lowest BCUT2D eigenvalue weighted by molar-refractivity contribution is 0.102. The fraction of sp³-hybridized carbons (Fsp3) is 0.310. The topological polar surface area (TPSA) is 124 Å². The van der Waals surface area contributed by atoms with Crippen LogP contribution in [0.5, 0.6) is 17.5 Å². The molecule has 1 aliphatic carbocycles. The Labute approximate surface area is 249 Å². The molecule has 6 rings (SSSR count). The Hall–Kier alpha value is -4.74. The first-order chi connectivity index (χ1) is 21.0. The van der Waals surface area contributed by atoms with Crippen LogP contribution in [0.1, 0.15) is 40.3 Å². The van der Waals surface area contributed by atoms with Crippen molar-refractivity contribution in [3.8, 4) is 40.5 Å². The lowest BCUT2D eigenvalue weighted by Gasteiger charge is -2.28. The monoisotopic (exact) mass is 605 g/mol. The number of anilines is 2. The molecular formula is C29H25F2N7O4S. The van der Waals surface area contributed by atoms with E-state index in [1.807, 2.05) is 6.07 Å². The lowest BCUT2D eigenvalue weighted by atomic mass is 10.00. The zero-order valence-corrected chi connectivity index (χ0v) is 23.7. The second-order valence-electron chi connectivity index (χ2n) is 9.64. The molecule has 14 heteroatoms. The average Bonchev–Trinajstić information content (AvgIpc) is 3.77. The molecule has 5 heterocycles. The minimum atomic E-state index is -2.84. The highest BCUT2D eigenvalue weighted by atomic mass is 32.1. The molecule has 1 saturated heterocycles. The Bertz CT molecular complexity index is 1700. The van der Waals surface area contributed by atoms with Gasteiger partial charge in [-0.1, -0.05) is 17.3 Å². The molecule has 1 aliphatic heterocycles. The molecule has 11 nitrogen and oxygen atoms in total. The number of hydrogen-bond donors (Lipinski definition) is 1. The van der Waals surface area contributed by atoms with Crippen LogP contribution in [-0.4, -0.2) is 64.5 Å². The summed E-state index contributed by atoms with van der Waals surface area (Å²) in [7, 11) is 1.38. The van der Waals surface area contributed by atoms with Crippen LogP contribution >= 0.6 is 11.3 Å². The zero-order valence-electron chi connectivity index (χ0n) is 22.9. The smallest absolute Gasteiger partial charge is 0.280 e. The quantitative estimate of drug-likeness (QED) is 0.275. The van der Waals surface area contributed by atoms with E-state index in [-0.39, 0.29) is 39.3 Å². The number of pyridine rings is 3. The first kappa shape index (κ1) is 28.4. The number of hydrogen-bond acceptors (Lipinski definition) is 11. The molecule has 0 unspecified atom stereocenters. The van der Waals surface area contributed by atoms with Crippen molar-refractivity contribution < 1.29 is 27.8 Å². The summed E-state index contributed by atoms with van der Waals surface area (Å²) < 4.78 is 44.1. The van der Waals surface area contributed by atoms with Gasteiger partial charge in [0.1, 0.15) is 11.4 Å². The van der Waals surface area contributed by atoms with Gasteiger partial charge in [0.05, 0.1) is 32.1 Å². The van der Waals surface area contributed by atoms with E-state index in [0.717, 1.165) is 43.0 Å². The van der Waals surface area contributed by atoms with E-state index in [0.29, 0.717) is 24.1 Å². The summed E-state index contributed by atoms with van der Waals surface area (Å²) in [5.74, 6) is 6.41. The van der Waals surface area contributed by atoms with E-state index in [1.165, 1.54) is 31.6 Å². The van der Waals surface area contributed by atoms with Gasteiger partial charge in [0, 0.05) is 60.3 Å². The number of amides is 1. The molecule has 2 aliphatic rings. The molecule has 0 aromatic carbocycles. The van der Waals surface area contributed by atoms with Crippen LogP contribution in [0.3, 0.4) is 0 Å². The fourth-order valence-electron chi connectivity index (χ4n) is 4.31. The largest absolute Gasteiger partial charge is 0.494 e. The third kappa shape index (κ3) is 6.85. The summed E-state index contributed by atoms with van der Waals surface area (Å²) in [6.45, 7) is 2.70. The standard InChI is InChI=1S/C29H25F2N7O4S/c1-40-23-16-33-22(27(30)31)13-20(23)19-14-25(42-24-12-18(6-7-32-24)38-8-10-41-11-9-38)34-15-21(19)28(39)35-29-37-36-26(43-29)5-4-17-2-3-17/h6-7,12-17,27H,2-3,8-11H2,1H3,(H,35,37,39). The van der Waals surface area contributed by atoms with E-state index in [2.05, 4.69) is 47.2 Å². The second-order valence-corrected chi connectivity index (χ2v) is 10.6. The summed E-state index contributed by atoms with van der Waals surface area (Å²) in [6.07, 6.45) is 3.40. The number of alkyl halides is 2. The molecule has 0 spiro atoms. The Morgan fingerprint density at radius 1 is 1.09 bits per heavy atom. The van der Waals surface area contributed by atoms with Crippen LogP contribution < -0.4 is 19.7 Å². The van der Waals surface area contributed by atoms with Crippen molar-refractivity contribution in [3.05, 3.63) is 59.1 Å². The van der Waals surface area contributed by atoms with Crippen LogP contribution in [0.25, 0.3) is 11.1 Å². The Balaban J connectivity index is 1.33. The second kappa shape index (κ2) is 12.6. The lowest BCUT2D eigenvalue weighted by Crippen LogP contribution is -2.36. The number of methoxy groups -OCH3 is 1. The third-order valence-corrected chi connectivity index (χ3v) is 7.41. The molecule has 0 radical (unpaired) electrons. The molecule has 1 saturated carbocycles. The van der Waals surface area contributed by atoms with E-state index in [1.54, 1.807) is 12.3 Å². The minimum Gasteiger partial charge on any atom is -0.494 e. The molecule has 220 valence electrons. The molecule has 0 bridgehead atoms. The van der Waals surface area contributed by atoms with Crippen LogP contribution in [-0.2, 0) is 4.74 Å². The van der Waals surface area contributed by atoms with Crippen molar-refractivity contribution in [1.29, 1.82) is 0 Å². The maximum atomic E-state index is 13.7. The Morgan fingerprint density at radius 3 is 2.67 bits per heavy atom. The number of morpholine rings is 1. The van der Waals surface area contributed by atoms with Gasteiger partial charge >= 0.3 is 0 Å². The predicted molar refractivity (Wildman–Crippen MR) is 154 cm³/mol. The maximum absolute atomic E-state index is 13.7. The van der Waals surface area contributed by atoms with Gasteiger partial charge in [-0.2, -0.15) is 0 Å². The summed E-state index contributed by atoms with van der Waals surface area (Å²) in [6, 6.07) is 6.29. The van der Waals surface area contributed by atoms with Crippen LogP contribution in [0.2, 0.25) is 0 Å². The van der Waals surface area contributed by atoms with Gasteiger partial charge in [-0.05, 0) is 30.9 Å². The van der Waals surface area contributed by atoms with Gasteiger partial charge in [-0.25, -0.2) is 18.7 Å². The average molecular weight is 606 g/mol. The summed E-state index contributed by atoms with van der Waals surface area (Å²) in [5, 5.41) is 11.4. The van der Waals surface area contributed by atoms with E-state index >= 15 is 0 Å². The number of halogens is 2. The number of nitrogens with one attached hydrogen (secondary N) is 1. The predicted octanol–water partition coefficient (Wildman–Crippen LogP) is 4.98. The summed E-state index contributed by atoms with van der Waals surface area (Å²) in [5.41, 5.74) is 0.914. The molecule has 4 aromatic heterocycles. The van der Waals surface area contributed by atoms with Crippen molar-refractivity contribution >= 4 is 28.1 Å². The van der Waals surface area contributed by atoms with Gasteiger partial charge in [0.25, 0.3) is 12.3 Å². The molecule has 43 heavy (non-hydrogen) atoms. The van der Waals surface area contributed by atoms with E-state index in [4.69, 9.17) is 14.2 Å². The number of carbonyl (C=O) groups is 1. The first-order valence-electron chi connectivity index (χ1n) is 13.4. The highest BCUT2D eigenvalue weighted by molar-refractivity contribution is 7.15. The van der Waals surface area contributed by atoms with E-state index in [9.17, 15) is 13.6 Å². The summed E-state index contributed by atoms with van der Waals surface area (Å²) in [4.78, 5) is 28.0. The van der Waals surface area contributed by atoms with Gasteiger partial charge in [-0.15, -0.1) is 10.2 Å². The highest BCUT2D eigenvalue weighted by Crippen LogP contribution is 2.37. The highest BCUT2D eigenvalue weighted by Gasteiger charge is 2.23. The van der Waals surface area contributed by atoms with Crippen LogP contribution in [0, 0.1) is 17.8 Å². The van der Waals surface area contributed by atoms with Gasteiger partial charge in [0.15, 0.2) is 5.01 Å². The van der Waals surface area contributed by atoms with Gasteiger partial charge < -0.3 is 19.1 Å². The molecule has 1 amide bonds. The Morgan fingerprint density at radius 2 is 1.91 bits per heavy atom. The van der Waals surface area contributed by atoms with Crippen molar-refractivity contribution in [3.63, 3.8) is 0 Å². The van der Waals surface area contributed by atoms with Gasteiger partial charge in [0.2, 0.25) is 16.9 Å². The van der Waals surface area contributed by atoms with Crippen molar-refractivity contribution in [2.45, 2.75) is 19.3 Å². The molecule has 2 fully saturated rings. The SMILES string of the molecule is COc1cnc(C(F)F)cc1-c1cc(Oc2cc(N3CCOCC3)ccn2)ncc1C(=O)Nc1nnc(C#CC2CC2)s1. The van der Waals surface area contributed by atoms with Gasteiger partial charge in [-0.3, -0.25) is 15.1 Å². The Kier molecular flexibility index (Phi) is 8.34. The zero-order chi connectivity index (χ0) is 29.8. The van der Waals surface area contributed by atoms with E-state index < -0.39 is 18.0 Å². The van der Waals surface area contributed by atoms with Crippen molar-refractivity contribution in [2.24, 2.45) is 5.92 Å². The minimum absolute atomic E-state index is 0.0629. The molecule has 0 atom stereocenters. The molecule has 4 aromatic rings. The van der Waals surface area contributed by atoms with Crippen LogP contribution in [0.4, 0.5) is 19.6 Å². The molecular weight excluding hydrogens is 580 g/mol. The number of aromatic nitrogens is 5. The maximum Gasteiger partial charge on any atom is 0.280 e. The number of rotatable bonds is 8. The summed E-state index contributed by atoms with van der Waals surface area (Å²) >= 11 is 1.13. The molecule has 1 N–H and O–H groups in total. The number of carbonyl (C=O) groups excluding carboxylic acids is 1. The normalized spacial score (nSPS) is 14.7. The number of nitrogens with zero attached hydrogens (tertiary/aromatic N) is 6. The van der Waals surface area contributed by atoms with Crippen LogP contribution in [0.15, 0.2) is 42.9 Å². The van der Waals surface area contributed by atoms with Crippen molar-refractivity contribution in [2.75, 3.05) is 43.6 Å². The fourth-order valence-corrected chi connectivity index (χ4v) is 4.91. The third-order valence-electron chi connectivity index (χ3n) is 6.66. The number of ether oxygens (including phenoxy) is 3. The first-order valence-corrected chi connectivity index (χ1v) is 14.2. The van der Waals surface area contributed by atoms with Crippen molar-refractivity contribution in [1.82, 2.24) is 25.1 Å².